The summed E-state index contributed by atoms with van der Waals surface area (Å²) in [5.41, 5.74) is 1.99. The van der Waals surface area contributed by atoms with Crippen molar-refractivity contribution in [1.29, 1.82) is 0 Å². The van der Waals surface area contributed by atoms with Gasteiger partial charge in [-0.1, -0.05) is 29.3 Å². The van der Waals surface area contributed by atoms with Gasteiger partial charge in [-0.15, -0.1) is 10.2 Å². The van der Waals surface area contributed by atoms with Crippen LogP contribution in [0.3, 0.4) is 0 Å². The molecule has 25 heavy (non-hydrogen) atoms. The molecule has 130 valence electrons. The molecule has 2 aromatic heterocycles. The van der Waals surface area contributed by atoms with Crippen molar-refractivity contribution in [2.45, 2.75) is 25.3 Å². The molecule has 0 atom stereocenters. The van der Waals surface area contributed by atoms with Crippen LogP contribution in [0.2, 0.25) is 10.0 Å². The van der Waals surface area contributed by atoms with Crippen LogP contribution in [0.25, 0.3) is 11.5 Å². The molecule has 5 nitrogen and oxygen atoms in total. The lowest BCUT2D eigenvalue weighted by atomic mass is 9.96. The number of likely N-dealkylation sites (tertiary alicyclic amines) is 1. The van der Waals surface area contributed by atoms with Gasteiger partial charge in [-0.25, -0.2) is 0 Å². The maximum Gasteiger partial charge on any atom is 0.250 e. The quantitative estimate of drug-likeness (QED) is 0.638. The first-order chi connectivity index (χ1) is 12.2. The average molecular weight is 378 g/mol. The van der Waals surface area contributed by atoms with Crippen LogP contribution in [0.1, 0.15) is 30.2 Å². The van der Waals surface area contributed by atoms with Crippen molar-refractivity contribution < 1.29 is 8.83 Å². The number of hydrogen-bond donors (Lipinski definition) is 0. The van der Waals surface area contributed by atoms with Gasteiger partial charge in [-0.2, -0.15) is 0 Å². The highest BCUT2D eigenvalue weighted by molar-refractivity contribution is 6.42. The number of rotatable bonds is 4. The molecule has 0 aliphatic carbocycles. The summed E-state index contributed by atoms with van der Waals surface area (Å²) in [4.78, 5) is 2.41. The first-order valence-electron chi connectivity index (χ1n) is 8.21. The standard InChI is InChI=1S/C18H17Cl2N3O2/c19-15-2-1-12(9-16(15)20)10-23-6-3-13(4-7-23)17-21-22-18(25-17)14-5-8-24-11-14/h1-2,5,8-9,11,13H,3-4,6-7,10H2. The summed E-state index contributed by atoms with van der Waals surface area (Å²) in [5, 5.41) is 9.53. The second-order valence-electron chi connectivity index (χ2n) is 6.26. The highest BCUT2D eigenvalue weighted by Crippen LogP contribution is 2.30. The maximum absolute atomic E-state index is 6.09. The normalized spacial score (nSPS) is 16.4. The van der Waals surface area contributed by atoms with Crippen LogP contribution in [0.5, 0.6) is 0 Å². The van der Waals surface area contributed by atoms with Crippen molar-refractivity contribution in [2.75, 3.05) is 13.1 Å². The Hall–Kier alpha value is -1.82. The molecule has 0 unspecified atom stereocenters. The summed E-state index contributed by atoms with van der Waals surface area (Å²) < 4.78 is 10.9. The topological polar surface area (TPSA) is 55.3 Å². The van der Waals surface area contributed by atoms with E-state index in [1.54, 1.807) is 12.5 Å². The summed E-state index contributed by atoms with van der Waals surface area (Å²) in [6.07, 6.45) is 5.19. The Kier molecular flexibility index (Phi) is 4.79. The number of nitrogens with zero attached hydrogens (tertiary/aromatic N) is 3. The minimum absolute atomic E-state index is 0.304. The molecule has 1 aliphatic heterocycles. The third-order valence-corrected chi connectivity index (χ3v) is 5.27. The van der Waals surface area contributed by atoms with E-state index in [0.29, 0.717) is 27.7 Å². The highest BCUT2D eigenvalue weighted by Gasteiger charge is 2.25. The fourth-order valence-electron chi connectivity index (χ4n) is 3.14. The van der Waals surface area contributed by atoms with Crippen LogP contribution >= 0.6 is 23.2 Å². The lowest BCUT2D eigenvalue weighted by molar-refractivity contribution is 0.193. The fourth-order valence-corrected chi connectivity index (χ4v) is 3.46. The van der Waals surface area contributed by atoms with Gasteiger partial charge in [0.15, 0.2) is 0 Å². The Morgan fingerprint density at radius 3 is 2.64 bits per heavy atom. The third kappa shape index (κ3) is 3.73. The van der Waals surface area contributed by atoms with E-state index in [0.717, 1.165) is 38.0 Å². The Morgan fingerprint density at radius 2 is 1.92 bits per heavy atom. The summed E-state index contributed by atoms with van der Waals surface area (Å²) in [6, 6.07) is 7.62. The van der Waals surface area contributed by atoms with Crippen molar-refractivity contribution in [1.82, 2.24) is 15.1 Å². The zero-order chi connectivity index (χ0) is 17.2. The molecule has 0 bridgehead atoms. The van der Waals surface area contributed by atoms with Gasteiger partial charge in [0.2, 0.25) is 5.89 Å². The Labute approximate surface area is 155 Å². The second kappa shape index (κ2) is 7.20. The molecule has 0 amide bonds. The summed E-state index contributed by atoms with van der Waals surface area (Å²) in [6.45, 7) is 2.83. The molecule has 1 fully saturated rings. The molecule has 3 heterocycles. The number of halogens is 2. The minimum atomic E-state index is 0.304. The van der Waals surface area contributed by atoms with Crippen molar-refractivity contribution >= 4 is 23.2 Å². The molecule has 1 aliphatic rings. The van der Waals surface area contributed by atoms with E-state index in [1.807, 2.05) is 24.3 Å². The smallest absolute Gasteiger partial charge is 0.250 e. The molecule has 4 rings (SSSR count). The monoisotopic (exact) mass is 377 g/mol. The summed E-state index contributed by atoms with van der Waals surface area (Å²) >= 11 is 12.1. The summed E-state index contributed by atoms with van der Waals surface area (Å²) in [7, 11) is 0. The van der Waals surface area contributed by atoms with Gasteiger partial charge in [-0.05, 0) is 49.7 Å². The van der Waals surface area contributed by atoms with Crippen molar-refractivity contribution in [2.24, 2.45) is 0 Å². The van der Waals surface area contributed by atoms with Gasteiger partial charge in [0.05, 0.1) is 21.9 Å². The average Bonchev–Trinajstić information content (AvgIpc) is 3.30. The van der Waals surface area contributed by atoms with Gasteiger partial charge in [-0.3, -0.25) is 4.90 Å². The molecule has 0 radical (unpaired) electrons. The van der Waals surface area contributed by atoms with Crippen LogP contribution in [0, 0.1) is 0 Å². The van der Waals surface area contributed by atoms with Crippen molar-refractivity contribution in [3.05, 3.63) is 58.3 Å². The van der Waals surface area contributed by atoms with Gasteiger partial charge in [0.1, 0.15) is 6.26 Å². The molecular formula is C18H17Cl2N3O2. The number of piperidine rings is 1. The lowest BCUT2D eigenvalue weighted by Gasteiger charge is -2.30. The first kappa shape index (κ1) is 16.6. The second-order valence-corrected chi connectivity index (χ2v) is 7.07. The molecule has 1 aromatic carbocycles. The third-order valence-electron chi connectivity index (χ3n) is 4.54. The predicted octanol–water partition coefficient (Wildman–Crippen LogP) is 5.02. The van der Waals surface area contributed by atoms with Gasteiger partial charge >= 0.3 is 0 Å². The highest BCUT2D eigenvalue weighted by atomic mass is 35.5. The number of benzene rings is 1. The number of furan rings is 1. The largest absolute Gasteiger partial charge is 0.472 e. The Morgan fingerprint density at radius 1 is 1.08 bits per heavy atom. The molecular weight excluding hydrogens is 361 g/mol. The maximum atomic E-state index is 6.09. The van der Waals surface area contributed by atoms with Crippen LogP contribution in [-0.2, 0) is 6.54 Å². The molecule has 3 aromatic rings. The zero-order valence-electron chi connectivity index (χ0n) is 13.5. The van der Waals surface area contributed by atoms with Gasteiger partial charge < -0.3 is 8.83 Å². The van der Waals surface area contributed by atoms with Gasteiger partial charge in [0, 0.05) is 12.5 Å². The van der Waals surface area contributed by atoms with E-state index in [1.165, 1.54) is 5.56 Å². The van der Waals surface area contributed by atoms with E-state index in [-0.39, 0.29) is 0 Å². The van der Waals surface area contributed by atoms with E-state index in [9.17, 15) is 0 Å². The molecule has 1 saturated heterocycles. The van der Waals surface area contributed by atoms with Gasteiger partial charge in [0.25, 0.3) is 5.89 Å². The SMILES string of the molecule is Clc1ccc(CN2CCC(c3nnc(-c4ccoc4)o3)CC2)cc1Cl. The van der Waals surface area contributed by atoms with Crippen LogP contribution in [0.15, 0.2) is 45.6 Å². The van der Waals surface area contributed by atoms with E-state index >= 15 is 0 Å². The van der Waals surface area contributed by atoms with E-state index in [2.05, 4.69) is 15.1 Å². The van der Waals surface area contributed by atoms with Crippen molar-refractivity contribution in [3.8, 4) is 11.5 Å². The Bertz CT molecular complexity index is 840. The van der Waals surface area contributed by atoms with Crippen LogP contribution in [0.4, 0.5) is 0 Å². The zero-order valence-corrected chi connectivity index (χ0v) is 15.0. The molecule has 0 spiro atoms. The van der Waals surface area contributed by atoms with E-state index in [4.69, 9.17) is 32.0 Å². The molecule has 0 N–H and O–H groups in total. The predicted molar refractivity (Wildman–Crippen MR) is 95.7 cm³/mol. The fraction of sp³-hybridized carbons (Fsp3) is 0.333. The number of aromatic nitrogens is 2. The van der Waals surface area contributed by atoms with Crippen molar-refractivity contribution in [3.63, 3.8) is 0 Å². The van der Waals surface area contributed by atoms with Crippen LogP contribution in [-0.4, -0.2) is 28.2 Å². The summed E-state index contributed by atoms with van der Waals surface area (Å²) in [5.74, 6) is 1.53. The Balaban J connectivity index is 1.36. The van der Waals surface area contributed by atoms with E-state index < -0.39 is 0 Å². The lowest BCUT2D eigenvalue weighted by Crippen LogP contribution is -2.32. The van der Waals surface area contributed by atoms with Crippen LogP contribution < -0.4 is 0 Å². The minimum Gasteiger partial charge on any atom is -0.472 e. The number of hydrogen-bond acceptors (Lipinski definition) is 5. The molecule has 7 heteroatoms. The molecule has 0 saturated carbocycles. The first-order valence-corrected chi connectivity index (χ1v) is 8.97.